The van der Waals surface area contributed by atoms with Crippen LogP contribution in [-0.2, 0) is 17.8 Å². The first-order valence-corrected chi connectivity index (χ1v) is 11.4. The summed E-state index contributed by atoms with van der Waals surface area (Å²) in [6.45, 7) is 1.28. The Balaban J connectivity index is 1.49. The van der Waals surface area contributed by atoms with Crippen molar-refractivity contribution in [2.45, 2.75) is 25.9 Å². The van der Waals surface area contributed by atoms with E-state index in [0.717, 1.165) is 41.8 Å². The van der Waals surface area contributed by atoms with Crippen molar-refractivity contribution in [1.82, 2.24) is 0 Å². The highest BCUT2D eigenvalue weighted by atomic mass is 16.7. The number of nitrogens with zero attached hydrogens (tertiary/aromatic N) is 1. The first kappa shape index (κ1) is 23.4. The monoisotopic (exact) mass is 462 g/mol. The van der Waals surface area contributed by atoms with Crippen molar-refractivity contribution in [3.8, 4) is 17.2 Å². The number of fused-ring (bicyclic) bond motifs is 1. The van der Waals surface area contributed by atoms with Gasteiger partial charge in [0.1, 0.15) is 23.9 Å². The molecule has 0 saturated heterocycles. The molecule has 178 valence electrons. The van der Waals surface area contributed by atoms with E-state index in [2.05, 4.69) is 5.32 Å². The van der Waals surface area contributed by atoms with Gasteiger partial charge in [-0.2, -0.15) is 0 Å². The number of amides is 2. The highest BCUT2D eigenvalue weighted by Crippen LogP contribution is 2.33. The molecular formula is C27H30N2O5. The molecule has 0 aromatic heterocycles. The van der Waals surface area contributed by atoms with Crippen molar-refractivity contribution in [3.63, 3.8) is 0 Å². The minimum Gasteiger partial charge on any atom is -0.494 e. The zero-order valence-electron chi connectivity index (χ0n) is 19.6. The summed E-state index contributed by atoms with van der Waals surface area (Å²) in [6.07, 6.45) is 2.83. The summed E-state index contributed by atoms with van der Waals surface area (Å²) in [7, 11) is 3.12. The van der Waals surface area contributed by atoms with Gasteiger partial charge in [0.2, 0.25) is 0 Å². The van der Waals surface area contributed by atoms with Gasteiger partial charge in [0.25, 0.3) is 0 Å². The Labute approximate surface area is 200 Å². The van der Waals surface area contributed by atoms with Crippen LogP contribution in [0.3, 0.4) is 0 Å². The molecule has 3 aromatic rings. The fraction of sp³-hybridized carbons (Fsp3) is 0.296. The number of hydrogen-bond acceptors (Lipinski definition) is 5. The Hall–Kier alpha value is -3.71. The first-order chi connectivity index (χ1) is 16.7. The Morgan fingerprint density at radius 2 is 1.74 bits per heavy atom. The van der Waals surface area contributed by atoms with Crippen molar-refractivity contribution < 1.29 is 23.7 Å². The number of hydrogen-bond donors (Lipinski definition) is 1. The van der Waals surface area contributed by atoms with E-state index in [1.54, 1.807) is 37.3 Å². The van der Waals surface area contributed by atoms with Gasteiger partial charge in [0.05, 0.1) is 12.8 Å². The second kappa shape index (κ2) is 11.4. The molecule has 1 N–H and O–H groups in total. The molecule has 4 rings (SSSR count). The lowest BCUT2D eigenvalue weighted by Gasteiger charge is -2.24. The molecule has 2 amide bonds. The molecule has 0 radical (unpaired) electrons. The van der Waals surface area contributed by atoms with Crippen LogP contribution in [-0.4, -0.2) is 33.6 Å². The number of carbonyl (C=O) groups is 1. The molecule has 0 fully saturated rings. The van der Waals surface area contributed by atoms with Gasteiger partial charge < -0.3 is 24.3 Å². The maximum Gasteiger partial charge on any atom is 0.326 e. The Kier molecular flexibility index (Phi) is 7.88. The van der Waals surface area contributed by atoms with Crippen molar-refractivity contribution in [2.75, 3.05) is 37.8 Å². The number of aryl methyl sites for hydroxylation is 1. The molecule has 0 spiro atoms. The average Bonchev–Trinajstić information content (AvgIpc) is 3.09. The molecule has 0 bridgehead atoms. The summed E-state index contributed by atoms with van der Waals surface area (Å²) < 4.78 is 21.9. The minimum absolute atomic E-state index is 0.135. The van der Waals surface area contributed by atoms with Crippen LogP contribution in [0.2, 0.25) is 0 Å². The van der Waals surface area contributed by atoms with Crippen LogP contribution in [0.4, 0.5) is 16.2 Å². The maximum atomic E-state index is 13.3. The largest absolute Gasteiger partial charge is 0.494 e. The van der Waals surface area contributed by atoms with Gasteiger partial charge in [-0.05, 0) is 60.7 Å². The number of nitrogens with one attached hydrogen (secondary N) is 1. The van der Waals surface area contributed by atoms with Gasteiger partial charge >= 0.3 is 6.03 Å². The molecule has 0 atom stereocenters. The normalized spacial score (nSPS) is 12.9. The second-order valence-corrected chi connectivity index (χ2v) is 8.02. The number of methoxy groups -OCH3 is 2. The third kappa shape index (κ3) is 5.80. The summed E-state index contributed by atoms with van der Waals surface area (Å²) in [5.74, 6) is 1.92. The van der Waals surface area contributed by atoms with Gasteiger partial charge in [0, 0.05) is 25.4 Å². The summed E-state index contributed by atoms with van der Waals surface area (Å²) in [5, 5.41) is 2.99. The molecule has 0 aliphatic carbocycles. The van der Waals surface area contributed by atoms with Crippen molar-refractivity contribution in [3.05, 3.63) is 77.9 Å². The fourth-order valence-corrected chi connectivity index (χ4v) is 3.95. The van der Waals surface area contributed by atoms with Crippen molar-refractivity contribution in [2.24, 2.45) is 0 Å². The highest BCUT2D eigenvalue weighted by molar-refractivity contribution is 6.03. The molecule has 7 heteroatoms. The van der Waals surface area contributed by atoms with Crippen molar-refractivity contribution >= 4 is 17.4 Å². The zero-order chi connectivity index (χ0) is 23.8. The summed E-state index contributed by atoms with van der Waals surface area (Å²) in [4.78, 5) is 15.1. The van der Waals surface area contributed by atoms with E-state index < -0.39 is 0 Å². The summed E-state index contributed by atoms with van der Waals surface area (Å²) >= 11 is 0. The van der Waals surface area contributed by atoms with Gasteiger partial charge in [-0.25, -0.2) is 4.79 Å². The molecule has 3 aromatic carbocycles. The summed E-state index contributed by atoms with van der Waals surface area (Å²) in [6, 6.07) is 21.1. The number of rotatable bonds is 8. The predicted molar refractivity (Wildman–Crippen MR) is 132 cm³/mol. The van der Waals surface area contributed by atoms with Crippen LogP contribution >= 0.6 is 0 Å². The third-order valence-electron chi connectivity index (χ3n) is 5.67. The molecule has 1 aliphatic rings. The van der Waals surface area contributed by atoms with Gasteiger partial charge in [0.15, 0.2) is 6.79 Å². The molecule has 0 saturated carbocycles. The maximum absolute atomic E-state index is 13.3. The lowest BCUT2D eigenvalue weighted by atomic mass is 10.1. The van der Waals surface area contributed by atoms with Crippen LogP contribution in [0.5, 0.6) is 17.2 Å². The minimum atomic E-state index is -0.204. The lowest BCUT2D eigenvalue weighted by Crippen LogP contribution is -2.35. The predicted octanol–water partition coefficient (Wildman–Crippen LogP) is 5.63. The van der Waals surface area contributed by atoms with E-state index in [4.69, 9.17) is 18.9 Å². The van der Waals surface area contributed by atoms with E-state index in [9.17, 15) is 4.79 Å². The van der Waals surface area contributed by atoms with E-state index in [1.165, 1.54) is 0 Å². The lowest BCUT2D eigenvalue weighted by molar-refractivity contribution is 0.0510. The Bertz CT molecular complexity index is 1100. The van der Waals surface area contributed by atoms with E-state index in [0.29, 0.717) is 30.3 Å². The zero-order valence-corrected chi connectivity index (χ0v) is 19.6. The molecule has 0 unspecified atom stereocenters. The second-order valence-electron chi connectivity index (χ2n) is 8.02. The number of benzene rings is 3. The SMILES string of the molecule is COCOc1ccc(NC(=O)N2CCCCc3cc(OCc4ccccc4)ccc32)c(OC)c1. The van der Waals surface area contributed by atoms with Gasteiger partial charge in [-0.15, -0.1) is 0 Å². The Morgan fingerprint density at radius 1 is 0.941 bits per heavy atom. The first-order valence-electron chi connectivity index (χ1n) is 11.4. The average molecular weight is 463 g/mol. The number of ether oxygens (including phenoxy) is 4. The van der Waals surface area contributed by atoms with E-state index >= 15 is 0 Å². The van der Waals surface area contributed by atoms with Crippen LogP contribution in [0.1, 0.15) is 24.0 Å². The Morgan fingerprint density at radius 3 is 2.53 bits per heavy atom. The molecular weight excluding hydrogens is 432 g/mol. The van der Waals surface area contributed by atoms with Gasteiger partial charge in [-0.1, -0.05) is 30.3 Å². The highest BCUT2D eigenvalue weighted by Gasteiger charge is 2.23. The third-order valence-corrected chi connectivity index (χ3v) is 5.67. The summed E-state index contributed by atoms with van der Waals surface area (Å²) in [5.41, 5.74) is 3.70. The number of carbonyl (C=O) groups excluding carboxylic acids is 1. The molecule has 34 heavy (non-hydrogen) atoms. The van der Waals surface area contributed by atoms with Crippen molar-refractivity contribution in [1.29, 1.82) is 0 Å². The smallest absolute Gasteiger partial charge is 0.326 e. The molecule has 1 aliphatic heterocycles. The number of anilines is 2. The van der Waals surface area contributed by atoms with Crippen LogP contribution in [0.15, 0.2) is 66.7 Å². The fourth-order valence-electron chi connectivity index (χ4n) is 3.95. The van der Waals surface area contributed by atoms with E-state index in [-0.39, 0.29) is 12.8 Å². The molecule has 7 nitrogen and oxygen atoms in total. The topological polar surface area (TPSA) is 69.3 Å². The molecule has 1 heterocycles. The number of urea groups is 1. The van der Waals surface area contributed by atoms with Crippen LogP contribution in [0, 0.1) is 0 Å². The van der Waals surface area contributed by atoms with Crippen LogP contribution < -0.4 is 24.4 Å². The van der Waals surface area contributed by atoms with Crippen LogP contribution in [0.25, 0.3) is 0 Å². The van der Waals surface area contributed by atoms with E-state index in [1.807, 2.05) is 48.5 Å². The van der Waals surface area contributed by atoms with Gasteiger partial charge in [-0.3, -0.25) is 4.90 Å². The quantitative estimate of drug-likeness (QED) is 0.439. The standard InChI is InChI=1S/C27H30N2O5/c1-31-19-34-23-11-13-24(26(17-23)32-2)28-27(30)29-15-7-6-10-21-16-22(12-14-25(21)29)33-18-20-8-4-3-5-9-20/h3-5,8-9,11-14,16-17H,6-7,10,15,18-19H2,1-2H3,(H,28,30).